The predicted octanol–water partition coefficient (Wildman–Crippen LogP) is 3.79. The quantitative estimate of drug-likeness (QED) is 0.643. The summed E-state index contributed by atoms with van der Waals surface area (Å²) < 4.78 is 0. The number of hydrogen-bond donors (Lipinski definition) is 2. The number of halogens is 1. The second kappa shape index (κ2) is 8.84. The molecule has 6 nitrogen and oxygen atoms in total. The lowest BCUT2D eigenvalue weighted by molar-refractivity contribution is 0.271. The highest BCUT2D eigenvalue weighted by Crippen LogP contribution is 2.26. The largest absolute Gasteiger partial charge is 0.394 e. The van der Waals surface area contributed by atoms with Crippen LogP contribution in [0.25, 0.3) is 10.9 Å². The number of anilines is 3. The van der Waals surface area contributed by atoms with E-state index in [1.807, 2.05) is 49.4 Å². The monoisotopic (exact) mass is 411 g/mol. The molecule has 0 radical (unpaired) electrons. The molecule has 0 amide bonds. The van der Waals surface area contributed by atoms with E-state index in [9.17, 15) is 5.11 Å². The van der Waals surface area contributed by atoms with Crippen molar-refractivity contribution >= 4 is 40.0 Å². The van der Waals surface area contributed by atoms with E-state index >= 15 is 0 Å². The summed E-state index contributed by atoms with van der Waals surface area (Å²) in [5.74, 6) is 1.51. The highest BCUT2D eigenvalue weighted by molar-refractivity contribution is 6.30. The number of para-hydroxylation sites is 1. The average Bonchev–Trinajstić information content (AvgIpc) is 2.77. The Morgan fingerprint density at radius 3 is 2.52 bits per heavy atom. The van der Waals surface area contributed by atoms with Crippen LogP contribution in [0.4, 0.5) is 17.5 Å². The van der Waals surface area contributed by atoms with Gasteiger partial charge in [-0.25, -0.2) is 4.98 Å². The summed E-state index contributed by atoms with van der Waals surface area (Å²) in [6.45, 7) is 5.56. The van der Waals surface area contributed by atoms with E-state index in [-0.39, 0.29) is 12.6 Å². The first kappa shape index (κ1) is 19.7. The van der Waals surface area contributed by atoms with Crippen LogP contribution in [-0.2, 0) is 0 Å². The minimum absolute atomic E-state index is 0.0270. The number of nitrogens with one attached hydrogen (secondary N) is 1. The van der Waals surface area contributed by atoms with Crippen LogP contribution in [0.5, 0.6) is 0 Å². The van der Waals surface area contributed by atoms with Crippen molar-refractivity contribution in [2.24, 2.45) is 0 Å². The summed E-state index contributed by atoms with van der Waals surface area (Å²) in [6.07, 6.45) is 0.822. The van der Waals surface area contributed by atoms with Crippen LogP contribution in [0.3, 0.4) is 0 Å². The van der Waals surface area contributed by atoms with Crippen LogP contribution >= 0.6 is 11.6 Å². The van der Waals surface area contributed by atoms with Gasteiger partial charge in [-0.05, 0) is 36.8 Å². The van der Waals surface area contributed by atoms with E-state index < -0.39 is 0 Å². The van der Waals surface area contributed by atoms with E-state index in [1.165, 1.54) is 0 Å². The molecule has 0 aliphatic carbocycles. The summed E-state index contributed by atoms with van der Waals surface area (Å²) in [5.41, 5.74) is 2.05. The molecule has 3 aromatic rings. The summed E-state index contributed by atoms with van der Waals surface area (Å²) in [4.78, 5) is 14.2. The van der Waals surface area contributed by atoms with Gasteiger partial charge in [-0.1, -0.05) is 36.7 Å². The number of aliphatic hydroxyl groups excluding tert-OH is 1. The number of piperazine rings is 1. The number of hydrogen-bond acceptors (Lipinski definition) is 6. The number of rotatable bonds is 6. The predicted molar refractivity (Wildman–Crippen MR) is 120 cm³/mol. The van der Waals surface area contributed by atoms with Crippen molar-refractivity contribution in [3.8, 4) is 0 Å². The van der Waals surface area contributed by atoms with Crippen molar-refractivity contribution < 1.29 is 5.11 Å². The van der Waals surface area contributed by atoms with Gasteiger partial charge in [0.1, 0.15) is 5.82 Å². The van der Waals surface area contributed by atoms with E-state index in [4.69, 9.17) is 21.6 Å². The molecule has 1 aliphatic heterocycles. The van der Waals surface area contributed by atoms with Gasteiger partial charge in [0.05, 0.1) is 18.2 Å². The molecule has 1 atom stereocenters. The average molecular weight is 412 g/mol. The van der Waals surface area contributed by atoms with Crippen molar-refractivity contribution in [1.29, 1.82) is 0 Å². The van der Waals surface area contributed by atoms with Crippen LogP contribution < -0.4 is 15.1 Å². The Bertz CT molecular complexity index is 970. The first-order valence-electron chi connectivity index (χ1n) is 10.1. The molecule has 1 fully saturated rings. The molecule has 4 rings (SSSR count). The third-order valence-corrected chi connectivity index (χ3v) is 5.62. The van der Waals surface area contributed by atoms with Gasteiger partial charge in [-0.2, -0.15) is 4.98 Å². The fourth-order valence-corrected chi connectivity index (χ4v) is 3.81. The molecule has 2 N–H and O–H groups in total. The summed E-state index contributed by atoms with van der Waals surface area (Å²) in [7, 11) is 0. The van der Waals surface area contributed by atoms with E-state index in [1.54, 1.807) is 0 Å². The lowest BCUT2D eigenvalue weighted by Gasteiger charge is -2.36. The molecule has 2 heterocycles. The van der Waals surface area contributed by atoms with E-state index in [0.717, 1.165) is 66.0 Å². The molecule has 0 bridgehead atoms. The second-order valence-corrected chi connectivity index (χ2v) is 7.71. The van der Waals surface area contributed by atoms with Gasteiger partial charge in [0, 0.05) is 42.3 Å². The molecule has 2 aromatic carbocycles. The number of nitrogens with zero attached hydrogens (tertiary/aromatic N) is 4. The minimum atomic E-state index is -0.0270. The summed E-state index contributed by atoms with van der Waals surface area (Å²) in [6, 6.07) is 16.0. The second-order valence-electron chi connectivity index (χ2n) is 7.28. The number of benzene rings is 2. The molecule has 1 aromatic heterocycles. The van der Waals surface area contributed by atoms with Gasteiger partial charge in [-0.3, -0.25) is 0 Å². The Balaban J connectivity index is 1.56. The number of aromatic nitrogens is 2. The Kier molecular flexibility index (Phi) is 6.02. The molecule has 0 saturated carbocycles. The molecule has 152 valence electrons. The third kappa shape index (κ3) is 4.38. The standard InChI is InChI=1S/C22H26ClN5O/c1-2-17(15-29)24-21-19-8-3-4-9-20(19)25-22(26-21)28-12-10-27(11-13-28)18-7-5-6-16(23)14-18/h3-9,14,17,29H,2,10-13,15H2,1H3,(H,24,25,26). The fourth-order valence-electron chi connectivity index (χ4n) is 3.62. The Labute approximate surface area is 176 Å². The molecular weight excluding hydrogens is 386 g/mol. The zero-order chi connectivity index (χ0) is 20.2. The number of aliphatic hydroxyl groups is 1. The molecule has 1 aliphatic rings. The molecular formula is C22H26ClN5O. The van der Waals surface area contributed by atoms with Crippen molar-refractivity contribution in [3.63, 3.8) is 0 Å². The van der Waals surface area contributed by atoms with Gasteiger partial charge in [0.25, 0.3) is 0 Å². The molecule has 1 unspecified atom stereocenters. The SMILES string of the molecule is CCC(CO)Nc1nc(N2CCN(c3cccc(Cl)c3)CC2)nc2ccccc12. The van der Waals surface area contributed by atoms with Crippen molar-refractivity contribution in [3.05, 3.63) is 53.6 Å². The van der Waals surface area contributed by atoms with Crippen LogP contribution in [-0.4, -0.2) is 53.9 Å². The van der Waals surface area contributed by atoms with Crippen LogP contribution in [0.1, 0.15) is 13.3 Å². The van der Waals surface area contributed by atoms with E-state index in [0.29, 0.717) is 0 Å². The van der Waals surface area contributed by atoms with Gasteiger partial charge >= 0.3 is 0 Å². The van der Waals surface area contributed by atoms with Crippen molar-refractivity contribution in [2.75, 3.05) is 47.9 Å². The molecule has 1 saturated heterocycles. The molecule has 7 heteroatoms. The van der Waals surface area contributed by atoms with Crippen molar-refractivity contribution in [2.45, 2.75) is 19.4 Å². The highest BCUT2D eigenvalue weighted by atomic mass is 35.5. The number of fused-ring (bicyclic) bond motifs is 1. The summed E-state index contributed by atoms with van der Waals surface area (Å²) in [5, 5.41) is 14.7. The van der Waals surface area contributed by atoms with Crippen LogP contribution in [0, 0.1) is 0 Å². The Morgan fingerprint density at radius 1 is 1.03 bits per heavy atom. The lowest BCUT2D eigenvalue weighted by Crippen LogP contribution is -2.47. The normalized spacial score (nSPS) is 15.6. The minimum Gasteiger partial charge on any atom is -0.394 e. The zero-order valence-electron chi connectivity index (χ0n) is 16.6. The van der Waals surface area contributed by atoms with Gasteiger partial charge in [0.2, 0.25) is 5.95 Å². The zero-order valence-corrected chi connectivity index (χ0v) is 17.3. The van der Waals surface area contributed by atoms with Crippen molar-refractivity contribution in [1.82, 2.24) is 9.97 Å². The Morgan fingerprint density at radius 2 is 1.79 bits per heavy atom. The highest BCUT2D eigenvalue weighted by Gasteiger charge is 2.21. The Hall–Kier alpha value is -2.57. The maximum Gasteiger partial charge on any atom is 0.228 e. The smallest absolute Gasteiger partial charge is 0.228 e. The maximum atomic E-state index is 9.60. The third-order valence-electron chi connectivity index (χ3n) is 5.38. The van der Waals surface area contributed by atoms with E-state index in [2.05, 4.69) is 21.2 Å². The van der Waals surface area contributed by atoms with Crippen LogP contribution in [0.15, 0.2) is 48.5 Å². The topological polar surface area (TPSA) is 64.5 Å². The maximum absolute atomic E-state index is 9.60. The fraction of sp³-hybridized carbons (Fsp3) is 0.364. The van der Waals surface area contributed by atoms with Gasteiger partial charge in [-0.15, -0.1) is 0 Å². The molecule has 0 spiro atoms. The van der Waals surface area contributed by atoms with Gasteiger partial charge < -0.3 is 20.2 Å². The van der Waals surface area contributed by atoms with Gasteiger partial charge in [0.15, 0.2) is 0 Å². The lowest BCUT2D eigenvalue weighted by atomic mass is 10.2. The van der Waals surface area contributed by atoms with Crippen LogP contribution in [0.2, 0.25) is 5.02 Å². The first-order valence-corrected chi connectivity index (χ1v) is 10.5. The summed E-state index contributed by atoms with van der Waals surface area (Å²) >= 11 is 6.15. The first-order chi connectivity index (χ1) is 14.2. The molecule has 29 heavy (non-hydrogen) atoms.